The van der Waals surface area contributed by atoms with Gasteiger partial charge in [0.15, 0.2) is 0 Å². The van der Waals surface area contributed by atoms with Crippen molar-refractivity contribution in [1.82, 2.24) is 4.42 Å². The van der Waals surface area contributed by atoms with E-state index in [1.807, 2.05) is 30.3 Å². The molecule has 0 radical (unpaired) electrons. The number of aliphatic carboxylic acids is 1. The Labute approximate surface area is 128 Å². The number of benzene rings is 2. The molecule has 0 bridgehead atoms. The molecule has 0 saturated carbocycles. The number of carboxylic acid groups (broad SMARTS) is 1. The molecule has 0 amide bonds. The second-order valence-electron chi connectivity index (χ2n) is 4.77. The fraction of sp³-hybridized carbons (Fsp3) is 0.188. The van der Waals surface area contributed by atoms with Crippen molar-refractivity contribution in [2.24, 2.45) is 0 Å². The Morgan fingerprint density at radius 2 is 1.67 bits per heavy atom. The highest BCUT2D eigenvalue weighted by atomic mass is 35.5. The first-order chi connectivity index (χ1) is 10.1. The van der Waals surface area contributed by atoms with Crippen molar-refractivity contribution in [3.05, 3.63) is 65.7 Å². The van der Waals surface area contributed by atoms with Crippen molar-refractivity contribution < 1.29 is 15.0 Å². The standard InChI is InChI=1S/C16H16ClNO3/c17-18(11-13-4-2-1-3-5-13)15(16(20)21)10-12-6-8-14(19)9-7-12/h1-9,15,19H,10-11H2,(H,20,21)/t15-/m0/s1. The summed E-state index contributed by atoms with van der Waals surface area (Å²) < 4.78 is 1.30. The number of rotatable bonds is 6. The number of phenolic OH excluding ortho intramolecular Hbond substituents is 1. The van der Waals surface area contributed by atoms with Crippen molar-refractivity contribution in [2.75, 3.05) is 0 Å². The minimum atomic E-state index is -0.978. The lowest BCUT2D eigenvalue weighted by Crippen LogP contribution is -2.36. The van der Waals surface area contributed by atoms with Gasteiger partial charge in [-0.2, -0.15) is 0 Å². The molecule has 0 aromatic heterocycles. The SMILES string of the molecule is O=C(O)[C@H](Cc1ccc(O)cc1)N(Cl)Cc1ccccc1. The zero-order chi connectivity index (χ0) is 15.2. The highest BCUT2D eigenvalue weighted by Gasteiger charge is 2.24. The van der Waals surface area contributed by atoms with E-state index < -0.39 is 12.0 Å². The van der Waals surface area contributed by atoms with Crippen molar-refractivity contribution in [3.8, 4) is 5.75 Å². The van der Waals surface area contributed by atoms with E-state index in [4.69, 9.17) is 11.8 Å². The number of carbonyl (C=O) groups is 1. The zero-order valence-corrected chi connectivity index (χ0v) is 12.1. The largest absolute Gasteiger partial charge is 0.508 e. The monoisotopic (exact) mass is 305 g/mol. The lowest BCUT2D eigenvalue weighted by Gasteiger charge is -2.22. The predicted octanol–water partition coefficient (Wildman–Crippen LogP) is 3.04. The molecule has 0 aliphatic rings. The van der Waals surface area contributed by atoms with Gasteiger partial charge < -0.3 is 10.2 Å². The summed E-state index contributed by atoms with van der Waals surface area (Å²) in [4.78, 5) is 11.4. The first-order valence-electron chi connectivity index (χ1n) is 6.53. The van der Waals surface area contributed by atoms with E-state index in [-0.39, 0.29) is 12.2 Å². The van der Waals surface area contributed by atoms with Crippen LogP contribution in [0.15, 0.2) is 54.6 Å². The van der Waals surface area contributed by atoms with Gasteiger partial charge >= 0.3 is 5.97 Å². The van der Waals surface area contributed by atoms with Gasteiger partial charge in [-0.1, -0.05) is 42.5 Å². The number of halogens is 1. The van der Waals surface area contributed by atoms with Gasteiger partial charge in [-0.15, -0.1) is 0 Å². The maximum Gasteiger partial charge on any atom is 0.322 e. The van der Waals surface area contributed by atoms with Gasteiger partial charge in [0.05, 0.1) is 0 Å². The van der Waals surface area contributed by atoms with Crippen molar-refractivity contribution >= 4 is 17.7 Å². The molecule has 2 aromatic rings. The van der Waals surface area contributed by atoms with Gasteiger partial charge in [-0.3, -0.25) is 4.79 Å². The fourth-order valence-electron chi connectivity index (χ4n) is 2.03. The molecule has 0 spiro atoms. The smallest absolute Gasteiger partial charge is 0.322 e. The summed E-state index contributed by atoms with van der Waals surface area (Å²) in [5.74, 6) is -0.827. The maximum atomic E-state index is 11.4. The first kappa shape index (κ1) is 15.4. The van der Waals surface area contributed by atoms with E-state index in [1.165, 1.54) is 16.6 Å². The van der Waals surface area contributed by atoms with Crippen LogP contribution in [-0.2, 0) is 17.8 Å². The van der Waals surface area contributed by atoms with Crippen LogP contribution in [-0.4, -0.2) is 26.6 Å². The molecule has 0 aliphatic heterocycles. The highest BCUT2D eigenvalue weighted by molar-refractivity contribution is 6.14. The third-order valence-electron chi connectivity index (χ3n) is 3.17. The number of hydrogen-bond donors (Lipinski definition) is 2. The summed E-state index contributed by atoms with van der Waals surface area (Å²) in [7, 11) is 0. The summed E-state index contributed by atoms with van der Waals surface area (Å²) >= 11 is 6.16. The molecule has 2 aromatic carbocycles. The summed E-state index contributed by atoms with van der Waals surface area (Å²) in [5.41, 5.74) is 1.75. The maximum absolute atomic E-state index is 11.4. The molecular formula is C16H16ClNO3. The molecule has 0 unspecified atom stereocenters. The molecule has 0 saturated heterocycles. The van der Waals surface area contributed by atoms with E-state index >= 15 is 0 Å². The first-order valence-corrected chi connectivity index (χ1v) is 6.87. The minimum Gasteiger partial charge on any atom is -0.508 e. The minimum absolute atomic E-state index is 0.151. The van der Waals surface area contributed by atoms with Crippen molar-refractivity contribution in [3.63, 3.8) is 0 Å². The molecule has 1 atom stereocenters. The lowest BCUT2D eigenvalue weighted by molar-refractivity contribution is -0.141. The van der Waals surface area contributed by atoms with Gasteiger partial charge in [-0.05, 0) is 41.5 Å². The molecular weight excluding hydrogens is 290 g/mol. The molecule has 0 fully saturated rings. The molecule has 5 heteroatoms. The Balaban J connectivity index is 2.07. The Bertz CT molecular complexity index is 586. The van der Waals surface area contributed by atoms with E-state index in [1.54, 1.807) is 12.1 Å². The molecule has 21 heavy (non-hydrogen) atoms. The van der Waals surface area contributed by atoms with Crippen LogP contribution in [0.1, 0.15) is 11.1 Å². The van der Waals surface area contributed by atoms with Gasteiger partial charge in [0.2, 0.25) is 0 Å². The normalized spacial score (nSPS) is 12.3. The second-order valence-corrected chi connectivity index (χ2v) is 5.20. The number of phenols is 1. The number of nitrogens with zero attached hydrogens (tertiary/aromatic N) is 1. The quantitative estimate of drug-likeness (QED) is 0.805. The Kier molecular flexibility index (Phi) is 5.20. The van der Waals surface area contributed by atoms with E-state index in [0.717, 1.165) is 11.1 Å². The van der Waals surface area contributed by atoms with Crippen molar-refractivity contribution in [2.45, 2.75) is 19.0 Å². The van der Waals surface area contributed by atoms with Crippen LogP contribution in [0.5, 0.6) is 5.75 Å². The number of hydrogen-bond acceptors (Lipinski definition) is 3. The Morgan fingerprint density at radius 3 is 2.24 bits per heavy atom. The van der Waals surface area contributed by atoms with Gasteiger partial charge in [0.25, 0.3) is 0 Å². The summed E-state index contributed by atoms with van der Waals surface area (Å²) in [6.45, 7) is 0.345. The van der Waals surface area contributed by atoms with Gasteiger partial charge in [0.1, 0.15) is 11.8 Å². The van der Waals surface area contributed by atoms with Gasteiger partial charge in [-0.25, -0.2) is 4.42 Å². The van der Waals surface area contributed by atoms with Crippen LogP contribution < -0.4 is 0 Å². The van der Waals surface area contributed by atoms with E-state index in [2.05, 4.69) is 0 Å². The van der Waals surface area contributed by atoms with E-state index in [9.17, 15) is 15.0 Å². The molecule has 0 aliphatic carbocycles. The summed E-state index contributed by atoms with van der Waals surface area (Å²) in [6.07, 6.45) is 0.270. The average Bonchev–Trinajstić information content (AvgIpc) is 2.47. The van der Waals surface area contributed by atoms with Crippen LogP contribution in [0.4, 0.5) is 0 Å². The average molecular weight is 306 g/mol. The lowest BCUT2D eigenvalue weighted by atomic mass is 10.1. The molecule has 2 rings (SSSR count). The predicted molar refractivity (Wildman–Crippen MR) is 81.1 cm³/mol. The van der Waals surface area contributed by atoms with Crippen LogP contribution in [0.25, 0.3) is 0 Å². The number of carboxylic acids is 1. The Morgan fingerprint density at radius 1 is 1.05 bits per heavy atom. The van der Waals surface area contributed by atoms with Crippen molar-refractivity contribution in [1.29, 1.82) is 0 Å². The summed E-state index contributed by atoms with van der Waals surface area (Å²) in [6, 6.07) is 15.1. The van der Waals surface area contributed by atoms with E-state index in [0.29, 0.717) is 6.54 Å². The molecule has 2 N–H and O–H groups in total. The van der Waals surface area contributed by atoms with Crippen LogP contribution in [0.2, 0.25) is 0 Å². The summed E-state index contributed by atoms with van der Waals surface area (Å²) in [5, 5.41) is 18.6. The third kappa shape index (κ3) is 4.48. The second kappa shape index (κ2) is 7.11. The van der Waals surface area contributed by atoms with Crippen LogP contribution in [0.3, 0.4) is 0 Å². The van der Waals surface area contributed by atoms with Crippen LogP contribution >= 0.6 is 11.8 Å². The zero-order valence-electron chi connectivity index (χ0n) is 11.3. The molecule has 110 valence electrons. The molecule has 0 heterocycles. The van der Waals surface area contributed by atoms with Crippen LogP contribution in [0, 0.1) is 0 Å². The number of aromatic hydroxyl groups is 1. The highest BCUT2D eigenvalue weighted by Crippen LogP contribution is 2.17. The Hall–Kier alpha value is -2.04. The topological polar surface area (TPSA) is 60.8 Å². The molecule has 4 nitrogen and oxygen atoms in total. The third-order valence-corrected chi connectivity index (χ3v) is 3.52. The van der Waals surface area contributed by atoms with Gasteiger partial charge in [0, 0.05) is 6.54 Å². The fourth-order valence-corrected chi connectivity index (χ4v) is 2.32.